The van der Waals surface area contributed by atoms with Crippen LogP contribution in [0.25, 0.3) is 33.5 Å². The quantitative estimate of drug-likeness (QED) is 0.264. The molecule has 0 unspecified atom stereocenters. The van der Waals surface area contributed by atoms with Crippen LogP contribution in [0, 0.1) is 5.82 Å². The average molecular weight is 621 g/mol. The highest BCUT2D eigenvalue weighted by molar-refractivity contribution is 6.30. The van der Waals surface area contributed by atoms with E-state index in [2.05, 4.69) is 55.2 Å². The largest absolute Gasteiger partial charge is 0.361 e. The van der Waals surface area contributed by atoms with Crippen molar-refractivity contribution in [3.63, 3.8) is 0 Å². The fraction of sp³-hybridized carbons (Fsp3) is 0.242. The van der Waals surface area contributed by atoms with Crippen molar-refractivity contribution < 1.29 is 4.39 Å². The molecule has 1 fully saturated rings. The number of fused-ring (bicyclic) bond motifs is 2. The lowest BCUT2D eigenvalue weighted by molar-refractivity contribution is 0.248. The lowest BCUT2D eigenvalue weighted by atomic mass is 10.0. The summed E-state index contributed by atoms with van der Waals surface area (Å²) < 4.78 is 16.7. The number of nitrogens with zero attached hydrogens (tertiary/aromatic N) is 9. The maximum Gasteiger partial charge on any atom is 0.245 e. The van der Waals surface area contributed by atoms with Gasteiger partial charge in [0.05, 0.1) is 41.7 Å². The number of halogens is 2. The maximum atomic E-state index is 14.7. The molecule has 12 heteroatoms. The first-order valence-electron chi connectivity index (χ1n) is 15.0. The number of rotatable bonds is 6. The Morgan fingerprint density at radius 1 is 0.822 bits per heavy atom. The fourth-order valence-electron chi connectivity index (χ4n) is 6.11. The van der Waals surface area contributed by atoms with Gasteiger partial charge in [0.1, 0.15) is 17.3 Å². The Labute approximate surface area is 264 Å². The molecule has 0 spiro atoms. The second-order valence-corrected chi connectivity index (χ2v) is 11.9. The number of hydrogen-bond acceptors (Lipinski definition) is 8. The van der Waals surface area contributed by atoms with Crippen LogP contribution in [0.5, 0.6) is 0 Å². The zero-order valence-electron chi connectivity index (χ0n) is 24.4. The van der Waals surface area contributed by atoms with E-state index < -0.39 is 5.82 Å². The van der Waals surface area contributed by atoms with E-state index in [0.29, 0.717) is 34.1 Å². The Hall–Kier alpha value is -4.87. The first-order valence-corrected chi connectivity index (χ1v) is 15.4. The van der Waals surface area contributed by atoms with Crippen molar-refractivity contribution in [2.45, 2.75) is 19.6 Å². The van der Waals surface area contributed by atoms with Crippen LogP contribution >= 0.6 is 11.6 Å². The molecule has 2 aliphatic rings. The van der Waals surface area contributed by atoms with Gasteiger partial charge in [0.2, 0.25) is 5.95 Å². The number of hydrogen-bond donors (Lipinski definition) is 1. The molecule has 4 aromatic heterocycles. The molecule has 0 atom stereocenters. The molecule has 45 heavy (non-hydrogen) atoms. The number of nitrogens with one attached hydrogen (secondary N) is 1. The third-order valence-corrected chi connectivity index (χ3v) is 8.78. The minimum Gasteiger partial charge on any atom is -0.361 e. The summed E-state index contributed by atoms with van der Waals surface area (Å²) in [7, 11) is 0. The number of H-pyrrole nitrogens is 1. The summed E-state index contributed by atoms with van der Waals surface area (Å²) in [4.78, 5) is 21.6. The monoisotopic (exact) mass is 620 g/mol. The maximum absolute atomic E-state index is 14.7. The topological polar surface area (TPSA) is 94.9 Å². The van der Waals surface area contributed by atoms with Gasteiger partial charge in [0, 0.05) is 61.6 Å². The Kier molecular flexibility index (Phi) is 7.11. The Morgan fingerprint density at radius 2 is 1.67 bits per heavy atom. The molecule has 0 radical (unpaired) electrons. The average Bonchev–Trinajstić information content (AvgIpc) is 3.74. The summed E-state index contributed by atoms with van der Waals surface area (Å²) >= 11 is 6.16. The molecule has 10 nitrogen and oxygen atoms in total. The molecule has 6 heterocycles. The van der Waals surface area contributed by atoms with E-state index in [0.717, 1.165) is 74.3 Å². The van der Waals surface area contributed by atoms with Crippen molar-refractivity contribution in [1.29, 1.82) is 0 Å². The Morgan fingerprint density at radius 3 is 2.53 bits per heavy atom. The molecule has 0 saturated carbocycles. The number of aromatic nitrogens is 7. The van der Waals surface area contributed by atoms with E-state index in [9.17, 15) is 4.39 Å². The molecule has 0 bridgehead atoms. The van der Waals surface area contributed by atoms with E-state index in [1.165, 1.54) is 17.7 Å². The zero-order chi connectivity index (χ0) is 30.3. The van der Waals surface area contributed by atoms with Crippen molar-refractivity contribution in [1.82, 2.24) is 39.8 Å². The van der Waals surface area contributed by atoms with Crippen LogP contribution in [-0.2, 0) is 19.6 Å². The first-order chi connectivity index (χ1) is 22.1. The van der Waals surface area contributed by atoms with Gasteiger partial charge in [0.25, 0.3) is 0 Å². The van der Waals surface area contributed by atoms with Gasteiger partial charge in [-0.1, -0.05) is 41.9 Å². The van der Waals surface area contributed by atoms with Gasteiger partial charge in [-0.2, -0.15) is 10.1 Å². The van der Waals surface area contributed by atoms with Crippen molar-refractivity contribution in [3.8, 4) is 22.5 Å². The normalized spacial score (nSPS) is 15.5. The summed E-state index contributed by atoms with van der Waals surface area (Å²) in [5, 5.41) is 12.5. The summed E-state index contributed by atoms with van der Waals surface area (Å²) in [6.45, 7) is 6.91. The van der Waals surface area contributed by atoms with Crippen molar-refractivity contribution in [2.24, 2.45) is 0 Å². The zero-order valence-corrected chi connectivity index (χ0v) is 25.2. The lowest BCUT2D eigenvalue weighted by Crippen LogP contribution is -2.46. The fourth-order valence-corrected chi connectivity index (χ4v) is 6.28. The van der Waals surface area contributed by atoms with Crippen LogP contribution in [-0.4, -0.2) is 72.6 Å². The Bertz CT molecular complexity index is 1980. The summed E-state index contributed by atoms with van der Waals surface area (Å²) in [5.41, 5.74) is 5.94. The number of benzene rings is 2. The van der Waals surface area contributed by atoms with E-state index in [-0.39, 0.29) is 0 Å². The predicted octanol–water partition coefficient (Wildman–Crippen LogP) is 5.41. The molecule has 2 aliphatic heterocycles. The molecular formula is C33H30ClFN10. The number of anilines is 2. The van der Waals surface area contributed by atoms with Crippen LogP contribution in [0.4, 0.5) is 16.0 Å². The predicted molar refractivity (Wildman–Crippen MR) is 173 cm³/mol. The van der Waals surface area contributed by atoms with E-state index in [1.807, 2.05) is 29.1 Å². The van der Waals surface area contributed by atoms with Gasteiger partial charge in [-0.3, -0.25) is 15.0 Å². The molecule has 2 aromatic carbocycles. The van der Waals surface area contributed by atoms with Gasteiger partial charge < -0.3 is 9.80 Å². The molecule has 6 aromatic rings. The van der Waals surface area contributed by atoms with Gasteiger partial charge in [-0.15, -0.1) is 5.10 Å². The third kappa shape index (κ3) is 5.49. The van der Waals surface area contributed by atoms with Crippen LogP contribution in [0.2, 0.25) is 5.02 Å². The molecular weight excluding hydrogens is 591 g/mol. The van der Waals surface area contributed by atoms with Gasteiger partial charge in [-0.25, -0.2) is 14.1 Å². The van der Waals surface area contributed by atoms with Crippen molar-refractivity contribution >= 4 is 34.3 Å². The number of pyridine rings is 2. The molecule has 0 amide bonds. The minimum atomic E-state index is -0.399. The van der Waals surface area contributed by atoms with Gasteiger partial charge in [0.15, 0.2) is 0 Å². The van der Waals surface area contributed by atoms with E-state index in [4.69, 9.17) is 31.7 Å². The van der Waals surface area contributed by atoms with Crippen molar-refractivity contribution in [3.05, 3.63) is 101 Å². The Balaban J connectivity index is 0.987. The van der Waals surface area contributed by atoms with E-state index >= 15 is 0 Å². The highest BCUT2D eigenvalue weighted by atomic mass is 35.5. The molecule has 8 rings (SSSR count). The van der Waals surface area contributed by atoms with Gasteiger partial charge in [-0.05, 0) is 42.0 Å². The van der Waals surface area contributed by atoms with Crippen LogP contribution in [0.15, 0.2) is 79.1 Å². The smallest absolute Gasteiger partial charge is 0.245 e. The lowest BCUT2D eigenvalue weighted by Gasteiger charge is -2.34. The molecule has 226 valence electrons. The van der Waals surface area contributed by atoms with Crippen LogP contribution in [0.3, 0.4) is 0 Å². The summed E-state index contributed by atoms with van der Waals surface area (Å²) in [6, 6.07) is 20.9. The molecule has 0 aliphatic carbocycles. The number of aromatic amines is 1. The highest BCUT2D eigenvalue weighted by Gasteiger charge is 2.25. The molecule has 1 N–H and O–H groups in total. The third-order valence-electron chi connectivity index (χ3n) is 8.54. The number of piperazine rings is 1. The standard InChI is InChI=1S/C33H30ClFN10/c34-23-6-7-27(35)25(16-23)32-26(19-37-40-32)28-8-9-29-30(38-28)17-24(18-36-29)44-14-15-45-31(21-44)39-33(41-45)43-12-10-42(11-13-43)20-22-4-2-1-3-5-22/h1-9,16-19H,10-15,20-21H2,(H,37,40). The second kappa shape index (κ2) is 11.6. The van der Waals surface area contributed by atoms with Crippen LogP contribution < -0.4 is 9.80 Å². The summed E-state index contributed by atoms with van der Waals surface area (Å²) in [5.74, 6) is 1.35. The highest BCUT2D eigenvalue weighted by Crippen LogP contribution is 2.33. The van der Waals surface area contributed by atoms with Crippen molar-refractivity contribution in [2.75, 3.05) is 42.5 Å². The van der Waals surface area contributed by atoms with Gasteiger partial charge >= 0.3 is 0 Å². The van der Waals surface area contributed by atoms with E-state index in [1.54, 1.807) is 12.3 Å². The van der Waals surface area contributed by atoms with Crippen LogP contribution in [0.1, 0.15) is 11.4 Å². The molecule has 1 saturated heterocycles. The SMILES string of the molecule is Fc1ccc(Cl)cc1-c1n[nH]cc1-c1ccc2ncc(N3CCn4nc(N5CCN(Cc6ccccc6)CC5)nc4C3)cc2n1. The minimum absolute atomic E-state index is 0.318. The summed E-state index contributed by atoms with van der Waals surface area (Å²) in [6.07, 6.45) is 3.60. The first kappa shape index (κ1) is 27.7. The second-order valence-electron chi connectivity index (χ2n) is 11.4.